The van der Waals surface area contributed by atoms with Crippen molar-refractivity contribution in [2.24, 2.45) is 5.92 Å². The maximum absolute atomic E-state index is 12.4. The molecule has 1 saturated heterocycles. The van der Waals surface area contributed by atoms with Crippen molar-refractivity contribution in [1.82, 2.24) is 5.32 Å². The van der Waals surface area contributed by atoms with Crippen molar-refractivity contribution in [3.05, 3.63) is 63.2 Å². The van der Waals surface area contributed by atoms with E-state index in [0.717, 1.165) is 17.5 Å². The van der Waals surface area contributed by atoms with Gasteiger partial charge in [0.25, 0.3) is 11.6 Å². The molecule has 0 bridgehead atoms. The van der Waals surface area contributed by atoms with Gasteiger partial charge in [-0.2, -0.15) is 0 Å². The van der Waals surface area contributed by atoms with Crippen LogP contribution >= 0.6 is 11.6 Å². The molecule has 1 unspecified atom stereocenters. The quantitative estimate of drug-likeness (QED) is 0.549. The van der Waals surface area contributed by atoms with Gasteiger partial charge in [0.15, 0.2) is 0 Å². The molecule has 0 aromatic heterocycles. The molecule has 1 N–H and O–H groups in total. The Morgan fingerprint density at radius 1 is 1.31 bits per heavy atom. The molecule has 29 heavy (non-hydrogen) atoms. The highest BCUT2D eigenvalue weighted by Crippen LogP contribution is 2.27. The standard InChI is InChI=1S/C20H20ClN3O5/c1-2-29-16-6-3-14(4-7-16)23-12-13(9-19(23)25)11-22-20(26)17-10-15(24(27)28)5-8-18(17)21/h3-8,10,13H,2,9,11-12H2,1H3,(H,22,26). The summed E-state index contributed by atoms with van der Waals surface area (Å²) in [7, 11) is 0. The summed E-state index contributed by atoms with van der Waals surface area (Å²) in [6.45, 7) is 3.20. The fourth-order valence-electron chi connectivity index (χ4n) is 3.19. The summed E-state index contributed by atoms with van der Waals surface area (Å²) in [6.07, 6.45) is 0.302. The van der Waals surface area contributed by atoms with Crippen molar-refractivity contribution < 1.29 is 19.2 Å². The van der Waals surface area contributed by atoms with Crippen LogP contribution < -0.4 is 15.0 Å². The number of anilines is 1. The Morgan fingerprint density at radius 3 is 2.69 bits per heavy atom. The van der Waals surface area contributed by atoms with Crippen LogP contribution in [0.15, 0.2) is 42.5 Å². The molecule has 3 rings (SSSR count). The van der Waals surface area contributed by atoms with Crippen molar-refractivity contribution in [1.29, 1.82) is 0 Å². The Kier molecular flexibility index (Phi) is 6.33. The van der Waals surface area contributed by atoms with Crippen LogP contribution in [0.5, 0.6) is 5.75 Å². The third-order valence-electron chi connectivity index (χ3n) is 4.62. The first kappa shape index (κ1) is 20.6. The zero-order chi connectivity index (χ0) is 21.0. The number of hydrogen-bond acceptors (Lipinski definition) is 5. The molecule has 1 fully saturated rings. The minimum absolute atomic E-state index is 0.0261. The predicted octanol–water partition coefficient (Wildman–Crippen LogP) is 3.43. The summed E-state index contributed by atoms with van der Waals surface area (Å²) in [5, 5.41) is 13.8. The SMILES string of the molecule is CCOc1ccc(N2CC(CNC(=O)c3cc([N+](=O)[O-])ccc3Cl)CC2=O)cc1. The lowest BCUT2D eigenvalue weighted by molar-refractivity contribution is -0.384. The number of amides is 2. The first-order valence-corrected chi connectivity index (χ1v) is 9.52. The molecule has 0 saturated carbocycles. The normalized spacial score (nSPS) is 16.0. The van der Waals surface area contributed by atoms with E-state index < -0.39 is 10.8 Å². The largest absolute Gasteiger partial charge is 0.494 e. The molecule has 8 nitrogen and oxygen atoms in total. The van der Waals surface area contributed by atoms with Crippen LogP contribution in [0.3, 0.4) is 0 Å². The molecule has 0 aliphatic carbocycles. The first-order chi connectivity index (χ1) is 13.9. The minimum Gasteiger partial charge on any atom is -0.494 e. The van der Waals surface area contributed by atoms with E-state index in [1.54, 1.807) is 4.90 Å². The number of nitrogens with zero attached hydrogens (tertiary/aromatic N) is 2. The van der Waals surface area contributed by atoms with Crippen LogP contribution in [0.1, 0.15) is 23.7 Å². The number of carbonyl (C=O) groups excluding carboxylic acids is 2. The third kappa shape index (κ3) is 4.83. The van der Waals surface area contributed by atoms with Crippen LogP contribution in [0, 0.1) is 16.0 Å². The maximum atomic E-state index is 12.4. The topological polar surface area (TPSA) is 102 Å². The van der Waals surface area contributed by atoms with Gasteiger partial charge in [0.1, 0.15) is 5.75 Å². The Morgan fingerprint density at radius 2 is 2.03 bits per heavy atom. The van der Waals surface area contributed by atoms with Crippen LogP contribution in [0.2, 0.25) is 5.02 Å². The van der Waals surface area contributed by atoms with Crippen LogP contribution in [0.4, 0.5) is 11.4 Å². The fourth-order valence-corrected chi connectivity index (χ4v) is 3.39. The smallest absolute Gasteiger partial charge is 0.270 e. The lowest BCUT2D eigenvalue weighted by Crippen LogP contribution is -2.31. The van der Waals surface area contributed by atoms with Gasteiger partial charge in [-0.3, -0.25) is 19.7 Å². The second-order valence-corrected chi connectivity index (χ2v) is 7.04. The van der Waals surface area contributed by atoms with E-state index in [0.29, 0.717) is 19.6 Å². The molecule has 1 atom stereocenters. The number of carbonyl (C=O) groups is 2. The summed E-state index contributed by atoms with van der Waals surface area (Å²) in [4.78, 5) is 36.8. The number of nitro groups is 1. The average molecular weight is 418 g/mol. The number of non-ortho nitro benzene ring substituents is 1. The number of ether oxygens (including phenoxy) is 1. The molecular formula is C20H20ClN3O5. The fraction of sp³-hybridized carbons (Fsp3) is 0.300. The summed E-state index contributed by atoms with van der Waals surface area (Å²) >= 11 is 6.00. The van der Waals surface area contributed by atoms with Crippen molar-refractivity contribution >= 4 is 34.8 Å². The van der Waals surface area contributed by atoms with E-state index >= 15 is 0 Å². The number of rotatable bonds is 7. The minimum atomic E-state index is -0.586. The molecule has 0 radical (unpaired) electrons. The third-order valence-corrected chi connectivity index (χ3v) is 4.95. The number of nitrogens with one attached hydrogen (secondary N) is 1. The highest BCUT2D eigenvalue weighted by Gasteiger charge is 2.31. The van der Waals surface area contributed by atoms with Gasteiger partial charge in [-0.1, -0.05) is 11.6 Å². The van der Waals surface area contributed by atoms with Gasteiger partial charge in [-0.15, -0.1) is 0 Å². The number of hydrogen-bond donors (Lipinski definition) is 1. The second kappa shape index (κ2) is 8.91. The van der Waals surface area contributed by atoms with Crippen LogP contribution in [-0.2, 0) is 4.79 Å². The number of benzene rings is 2. The molecule has 0 spiro atoms. The highest BCUT2D eigenvalue weighted by molar-refractivity contribution is 6.33. The van der Waals surface area contributed by atoms with E-state index in [1.165, 1.54) is 12.1 Å². The van der Waals surface area contributed by atoms with Gasteiger partial charge < -0.3 is 15.0 Å². The van der Waals surface area contributed by atoms with Crippen LogP contribution in [0.25, 0.3) is 0 Å². The van der Waals surface area contributed by atoms with Gasteiger partial charge in [0.05, 0.1) is 22.1 Å². The average Bonchev–Trinajstić information content (AvgIpc) is 3.07. The monoisotopic (exact) mass is 417 g/mol. The molecule has 9 heteroatoms. The molecule has 1 aliphatic rings. The maximum Gasteiger partial charge on any atom is 0.270 e. The zero-order valence-electron chi connectivity index (χ0n) is 15.8. The number of halogens is 1. The molecular weight excluding hydrogens is 398 g/mol. The van der Waals surface area contributed by atoms with Gasteiger partial charge in [-0.05, 0) is 37.3 Å². The van der Waals surface area contributed by atoms with Gasteiger partial charge >= 0.3 is 0 Å². The Hall–Kier alpha value is -3.13. The predicted molar refractivity (Wildman–Crippen MR) is 109 cm³/mol. The van der Waals surface area contributed by atoms with Crippen molar-refractivity contribution in [3.8, 4) is 5.75 Å². The van der Waals surface area contributed by atoms with E-state index in [9.17, 15) is 19.7 Å². The second-order valence-electron chi connectivity index (χ2n) is 6.63. The van der Waals surface area contributed by atoms with Gasteiger partial charge in [-0.25, -0.2) is 0 Å². The Bertz CT molecular complexity index is 932. The van der Waals surface area contributed by atoms with Crippen molar-refractivity contribution in [2.45, 2.75) is 13.3 Å². The molecule has 2 aromatic carbocycles. The summed E-state index contributed by atoms with van der Waals surface area (Å²) in [6, 6.07) is 11.0. The van der Waals surface area contributed by atoms with Gasteiger partial charge in [0.2, 0.25) is 5.91 Å². The summed E-state index contributed by atoms with van der Waals surface area (Å²) < 4.78 is 5.41. The highest BCUT2D eigenvalue weighted by atomic mass is 35.5. The molecule has 152 valence electrons. The molecule has 2 aromatic rings. The van der Waals surface area contributed by atoms with E-state index in [4.69, 9.17) is 16.3 Å². The summed E-state index contributed by atoms with van der Waals surface area (Å²) in [5.74, 6) is 0.128. The molecule has 1 heterocycles. The number of nitro benzene ring substituents is 1. The van der Waals surface area contributed by atoms with Crippen molar-refractivity contribution in [2.75, 3.05) is 24.6 Å². The Labute approximate surface area is 172 Å². The van der Waals surface area contributed by atoms with E-state index in [2.05, 4.69) is 5.32 Å². The van der Waals surface area contributed by atoms with Gasteiger partial charge in [0, 0.05) is 43.2 Å². The molecule has 2 amide bonds. The first-order valence-electron chi connectivity index (χ1n) is 9.14. The lowest BCUT2D eigenvalue weighted by atomic mass is 10.1. The lowest BCUT2D eigenvalue weighted by Gasteiger charge is -2.17. The Balaban J connectivity index is 1.61. The zero-order valence-corrected chi connectivity index (χ0v) is 16.5. The van der Waals surface area contributed by atoms with E-state index in [-0.39, 0.29) is 34.6 Å². The van der Waals surface area contributed by atoms with Crippen molar-refractivity contribution in [3.63, 3.8) is 0 Å². The summed E-state index contributed by atoms with van der Waals surface area (Å²) in [5.41, 5.74) is 0.597. The van der Waals surface area contributed by atoms with E-state index in [1.807, 2.05) is 31.2 Å². The molecule has 1 aliphatic heterocycles. The van der Waals surface area contributed by atoms with Crippen LogP contribution in [-0.4, -0.2) is 36.4 Å².